The van der Waals surface area contributed by atoms with E-state index < -0.39 is 0 Å². The molecule has 0 fully saturated rings. The third kappa shape index (κ3) is 4.30. The lowest BCUT2D eigenvalue weighted by Crippen LogP contribution is -2.56. The maximum absolute atomic E-state index is 6.55. The van der Waals surface area contributed by atoms with E-state index in [1.807, 2.05) is 28.8 Å². The first-order valence-electron chi connectivity index (χ1n) is 15.0. The molecule has 0 unspecified atom stereocenters. The SMILES string of the molecule is [B]c1c([B])c([B])c(-n2c(-c3ccc(-c4c5ccccc5c(-c5ccccc5)c5ccccc45)cc3)nc3ccccc32)c([B])c1[B]. The number of hydrogen-bond acceptors (Lipinski definition) is 1. The highest BCUT2D eigenvalue weighted by molar-refractivity contribution is 6.68. The second kappa shape index (κ2) is 11.0. The molecule has 10 radical (unpaired) electrons. The lowest BCUT2D eigenvalue weighted by molar-refractivity contribution is 1.12. The van der Waals surface area contributed by atoms with Crippen molar-refractivity contribution >= 4 is 99.1 Å². The number of rotatable bonds is 4. The topological polar surface area (TPSA) is 17.8 Å². The Hall–Kier alpha value is -5.15. The summed E-state index contributed by atoms with van der Waals surface area (Å²) in [7, 11) is 31.8. The van der Waals surface area contributed by atoms with Crippen molar-refractivity contribution in [3.05, 3.63) is 127 Å². The number of para-hydroxylation sites is 2. The van der Waals surface area contributed by atoms with Gasteiger partial charge in [0.1, 0.15) is 45.1 Å². The van der Waals surface area contributed by atoms with Gasteiger partial charge in [-0.15, -0.1) is 16.4 Å². The summed E-state index contributed by atoms with van der Waals surface area (Å²) in [6.45, 7) is 0. The molecule has 0 aliphatic heterocycles. The van der Waals surface area contributed by atoms with E-state index in [0.29, 0.717) is 11.5 Å². The Morgan fingerprint density at radius 3 is 1.35 bits per heavy atom. The largest absolute Gasteiger partial charge is 0.294 e. The van der Waals surface area contributed by atoms with Crippen molar-refractivity contribution in [2.75, 3.05) is 0 Å². The highest BCUT2D eigenvalue weighted by Crippen LogP contribution is 2.43. The van der Waals surface area contributed by atoms with Crippen LogP contribution >= 0.6 is 0 Å². The van der Waals surface area contributed by atoms with Crippen LogP contribution in [0.5, 0.6) is 0 Å². The van der Waals surface area contributed by atoms with Gasteiger partial charge in [0, 0.05) is 11.3 Å². The Bertz CT molecular complexity index is 2380. The molecule has 1 heterocycles. The quantitative estimate of drug-likeness (QED) is 0.228. The van der Waals surface area contributed by atoms with Crippen LogP contribution in [-0.2, 0) is 0 Å². The van der Waals surface area contributed by atoms with Gasteiger partial charge in [-0.2, -0.15) is 0 Å². The standard InChI is InChI=1S/C39H21B5N2/c40-33-34(41)36(43)38(37(44)35(33)42)46-30-17-9-8-16-29(30)45-39(46)24-20-18-23(19-21-24)32-27-14-6-4-12-25(27)31(22-10-2-1-3-11-22)26-13-5-7-15-28(26)32/h1-21H. The van der Waals surface area contributed by atoms with Crippen molar-refractivity contribution in [2.45, 2.75) is 0 Å². The molecule has 46 heavy (non-hydrogen) atoms. The van der Waals surface area contributed by atoms with E-state index in [9.17, 15) is 0 Å². The summed E-state index contributed by atoms with van der Waals surface area (Å²) < 4.78 is 1.92. The second-order valence-electron chi connectivity index (χ2n) is 11.5. The van der Waals surface area contributed by atoms with Crippen LogP contribution in [0.2, 0.25) is 0 Å². The van der Waals surface area contributed by atoms with Crippen LogP contribution in [0.25, 0.3) is 71.9 Å². The van der Waals surface area contributed by atoms with Crippen LogP contribution in [0.3, 0.4) is 0 Å². The Balaban J connectivity index is 1.36. The van der Waals surface area contributed by atoms with Gasteiger partial charge in [-0.25, -0.2) is 4.98 Å². The summed E-state index contributed by atoms with van der Waals surface area (Å²) in [5, 5.41) is 4.79. The molecule has 1 aromatic heterocycles. The number of benzene rings is 7. The fourth-order valence-corrected chi connectivity index (χ4v) is 6.66. The molecular weight excluding hydrogens is 551 g/mol. The van der Waals surface area contributed by atoms with Crippen molar-refractivity contribution in [3.63, 3.8) is 0 Å². The summed E-state index contributed by atoms with van der Waals surface area (Å²) in [6.07, 6.45) is 0. The van der Waals surface area contributed by atoms with Crippen molar-refractivity contribution in [1.82, 2.24) is 9.55 Å². The molecule has 0 amide bonds. The van der Waals surface area contributed by atoms with Gasteiger partial charge in [0.05, 0.1) is 11.0 Å². The van der Waals surface area contributed by atoms with Crippen molar-refractivity contribution < 1.29 is 0 Å². The van der Waals surface area contributed by atoms with E-state index in [2.05, 4.69) is 103 Å². The zero-order valence-electron chi connectivity index (χ0n) is 24.9. The minimum absolute atomic E-state index is 0.173. The predicted octanol–water partition coefficient (Wildman–Crippen LogP) is 4.30. The molecule has 7 heteroatoms. The lowest BCUT2D eigenvalue weighted by Gasteiger charge is -2.23. The minimum Gasteiger partial charge on any atom is -0.294 e. The van der Waals surface area contributed by atoms with Gasteiger partial charge in [-0.05, 0) is 55.9 Å². The maximum atomic E-state index is 6.55. The molecule has 8 aromatic rings. The number of hydrogen-bond donors (Lipinski definition) is 0. The van der Waals surface area contributed by atoms with Crippen molar-refractivity contribution in [1.29, 1.82) is 0 Å². The summed E-state index contributed by atoms with van der Waals surface area (Å²) in [5.41, 5.74) is 8.70. The summed E-state index contributed by atoms with van der Waals surface area (Å²) in [6, 6.07) is 44.1. The summed E-state index contributed by atoms with van der Waals surface area (Å²) >= 11 is 0. The molecule has 0 N–H and O–H groups in total. The fourth-order valence-electron chi connectivity index (χ4n) is 6.66. The molecule has 0 aliphatic carbocycles. The first-order valence-corrected chi connectivity index (χ1v) is 15.0. The predicted molar refractivity (Wildman–Crippen MR) is 199 cm³/mol. The average Bonchev–Trinajstić information content (AvgIpc) is 3.48. The molecule has 7 aromatic carbocycles. The van der Waals surface area contributed by atoms with Crippen LogP contribution in [0, 0.1) is 0 Å². The monoisotopic (exact) mass is 572 g/mol. The molecule has 0 atom stereocenters. The van der Waals surface area contributed by atoms with E-state index in [1.165, 1.54) is 38.2 Å². The molecular formula is C39H21B5N2. The number of aromatic nitrogens is 2. The van der Waals surface area contributed by atoms with E-state index in [-0.39, 0.29) is 27.3 Å². The molecule has 202 valence electrons. The molecule has 0 saturated carbocycles. The smallest absolute Gasteiger partial charge is 0.145 e. The second-order valence-corrected chi connectivity index (χ2v) is 11.5. The zero-order chi connectivity index (χ0) is 31.5. The molecule has 0 spiro atoms. The van der Waals surface area contributed by atoms with Gasteiger partial charge in [-0.3, -0.25) is 4.57 Å². The maximum Gasteiger partial charge on any atom is 0.145 e. The first-order chi connectivity index (χ1) is 22.4. The lowest BCUT2D eigenvalue weighted by atomic mass is 9.61. The Morgan fingerprint density at radius 1 is 0.391 bits per heavy atom. The van der Waals surface area contributed by atoms with Crippen molar-refractivity contribution in [2.24, 2.45) is 0 Å². The third-order valence-corrected chi connectivity index (χ3v) is 8.88. The van der Waals surface area contributed by atoms with Gasteiger partial charge in [0.15, 0.2) is 0 Å². The zero-order valence-corrected chi connectivity index (χ0v) is 24.9. The average molecular weight is 572 g/mol. The summed E-state index contributed by atoms with van der Waals surface area (Å²) in [4.78, 5) is 5.01. The van der Waals surface area contributed by atoms with Gasteiger partial charge >= 0.3 is 0 Å². The van der Waals surface area contributed by atoms with Gasteiger partial charge in [0.2, 0.25) is 0 Å². The Morgan fingerprint density at radius 2 is 0.804 bits per heavy atom. The Labute approximate surface area is 274 Å². The Kier molecular flexibility index (Phi) is 6.80. The normalized spacial score (nSPS) is 11.5. The van der Waals surface area contributed by atoms with Crippen molar-refractivity contribution in [3.8, 4) is 39.3 Å². The number of nitrogens with zero attached hydrogens (tertiary/aromatic N) is 2. The highest BCUT2D eigenvalue weighted by atomic mass is 15.1. The van der Waals surface area contributed by atoms with E-state index >= 15 is 0 Å². The first kappa shape index (κ1) is 28.3. The van der Waals surface area contributed by atoms with Crippen LogP contribution in [-0.4, -0.2) is 48.8 Å². The number of fused-ring (bicyclic) bond motifs is 3. The van der Waals surface area contributed by atoms with Gasteiger partial charge in [-0.1, -0.05) is 126 Å². The van der Waals surface area contributed by atoms with Gasteiger partial charge in [0.25, 0.3) is 0 Å². The molecule has 8 rings (SSSR count). The van der Waals surface area contributed by atoms with E-state index in [0.717, 1.165) is 22.2 Å². The van der Waals surface area contributed by atoms with Gasteiger partial charge < -0.3 is 0 Å². The molecule has 0 saturated heterocycles. The van der Waals surface area contributed by atoms with E-state index in [1.54, 1.807) is 0 Å². The third-order valence-electron chi connectivity index (χ3n) is 8.88. The van der Waals surface area contributed by atoms with Crippen LogP contribution < -0.4 is 27.3 Å². The van der Waals surface area contributed by atoms with Crippen LogP contribution in [0.1, 0.15) is 0 Å². The van der Waals surface area contributed by atoms with Crippen LogP contribution in [0.4, 0.5) is 0 Å². The minimum atomic E-state index is 0.173. The molecule has 0 bridgehead atoms. The highest BCUT2D eigenvalue weighted by Gasteiger charge is 2.21. The fraction of sp³-hybridized carbons (Fsp3) is 0. The number of imidazole rings is 1. The molecule has 2 nitrogen and oxygen atoms in total. The summed E-state index contributed by atoms with van der Waals surface area (Å²) in [5.74, 6) is 0.656. The molecule has 0 aliphatic rings. The van der Waals surface area contributed by atoms with E-state index in [4.69, 9.17) is 44.2 Å². The van der Waals surface area contributed by atoms with Crippen LogP contribution in [0.15, 0.2) is 127 Å².